The number of hydrogen-bond donors (Lipinski definition) is 1. The Morgan fingerprint density at radius 2 is 2.21 bits per heavy atom. The molecule has 19 heavy (non-hydrogen) atoms. The molecule has 0 unspecified atom stereocenters. The lowest BCUT2D eigenvalue weighted by molar-refractivity contribution is 0.0792. The zero-order chi connectivity index (χ0) is 13.8. The van der Waals surface area contributed by atoms with Gasteiger partial charge in [-0.05, 0) is 36.1 Å². The Morgan fingerprint density at radius 3 is 2.89 bits per heavy atom. The van der Waals surface area contributed by atoms with Crippen molar-refractivity contribution >= 4 is 29.9 Å². The topological polar surface area (TPSA) is 20.3 Å². The van der Waals surface area contributed by atoms with E-state index in [4.69, 9.17) is 0 Å². The average Bonchev–Trinajstić information content (AvgIpc) is 2.91. The molecule has 100 valence electrons. The third-order valence-electron chi connectivity index (χ3n) is 2.80. The lowest BCUT2D eigenvalue weighted by Crippen LogP contribution is -2.29. The number of thiol groups is 1. The molecule has 0 saturated carbocycles. The Labute approximate surface area is 121 Å². The van der Waals surface area contributed by atoms with Gasteiger partial charge in [0, 0.05) is 23.4 Å². The van der Waals surface area contributed by atoms with Gasteiger partial charge in [-0.1, -0.05) is 6.07 Å². The minimum absolute atomic E-state index is 0.0705. The van der Waals surface area contributed by atoms with Crippen LogP contribution in [0.15, 0.2) is 40.6 Å². The second kappa shape index (κ2) is 6.21. The van der Waals surface area contributed by atoms with Crippen molar-refractivity contribution < 1.29 is 9.18 Å². The first kappa shape index (κ1) is 14.1. The molecule has 1 aromatic heterocycles. The zero-order valence-electron chi connectivity index (χ0n) is 10.5. The number of likely N-dealkylation sites (N-methyl/N-ethyl adjacent to an activating group) is 1. The summed E-state index contributed by atoms with van der Waals surface area (Å²) in [6.45, 7) is 0.565. The molecule has 2 nitrogen and oxygen atoms in total. The van der Waals surface area contributed by atoms with Crippen LogP contribution in [0.4, 0.5) is 4.39 Å². The smallest absolute Gasteiger partial charge is 0.256 e. The van der Waals surface area contributed by atoms with Gasteiger partial charge in [-0.25, -0.2) is 4.39 Å². The molecule has 0 radical (unpaired) electrons. The number of rotatable bonds is 4. The Balaban J connectivity index is 2.04. The number of thiophene rings is 1. The van der Waals surface area contributed by atoms with Gasteiger partial charge in [0.25, 0.3) is 5.91 Å². The molecule has 0 bridgehead atoms. The van der Waals surface area contributed by atoms with E-state index in [-0.39, 0.29) is 11.5 Å². The number of amides is 1. The summed E-state index contributed by atoms with van der Waals surface area (Å²) in [6, 6.07) is 8.26. The molecule has 2 aromatic rings. The maximum atomic E-state index is 13.6. The summed E-state index contributed by atoms with van der Waals surface area (Å²) in [4.78, 5) is 15.5. The molecular weight excluding hydrogens is 281 g/mol. The van der Waals surface area contributed by atoms with Crippen LogP contribution < -0.4 is 0 Å². The van der Waals surface area contributed by atoms with E-state index in [1.807, 2.05) is 17.5 Å². The van der Waals surface area contributed by atoms with E-state index in [1.54, 1.807) is 18.4 Å². The monoisotopic (exact) mass is 295 g/mol. The third-order valence-corrected chi connectivity index (χ3v) is 4.02. The number of nitrogens with zero attached hydrogens (tertiary/aromatic N) is 1. The molecule has 0 aliphatic heterocycles. The van der Waals surface area contributed by atoms with Crippen LogP contribution in [0, 0.1) is 5.82 Å². The highest BCUT2D eigenvalue weighted by Crippen LogP contribution is 2.16. The molecule has 2 rings (SSSR count). The molecule has 5 heteroatoms. The third kappa shape index (κ3) is 3.58. The highest BCUT2D eigenvalue weighted by Gasteiger charge is 2.16. The summed E-state index contributed by atoms with van der Waals surface area (Å²) < 4.78 is 13.6. The van der Waals surface area contributed by atoms with Crippen LogP contribution in [0.3, 0.4) is 0 Å². The predicted octanol–water partition coefficient (Wildman–Crippen LogP) is 3.49. The standard InChI is InChI=1S/C14H14FNOS2/c1-16(7-6-11-3-2-8-19-11)14(17)12-9-10(18)4-5-13(12)15/h2-5,8-9,18H,6-7H2,1H3. The van der Waals surface area contributed by atoms with E-state index < -0.39 is 5.82 Å². The largest absolute Gasteiger partial charge is 0.341 e. The zero-order valence-corrected chi connectivity index (χ0v) is 12.2. The van der Waals surface area contributed by atoms with Crippen LogP contribution in [-0.2, 0) is 6.42 Å². The fourth-order valence-corrected chi connectivity index (χ4v) is 2.62. The van der Waals surface area contributed by atoms with Crippen molar-refractivity contribution in [2.45, 2.75) is 11.3 Å². The Hall–Kier alpha value is -1.33. The van der Waals surface area contributed by atoms with E-state index in [2.05, 4.69) is 12.6 Å². The quantitative estimate of drug-likeness (QED) is 0.856. The molecule has 1 aromatic carbocycles. The predicted molar refractivity (Wildman–Crippen MR) is 78.6 cm³/mol. The second-order valence-electron chi connectivity index (χ2n) is 4.22. The van der Waals surface area contributed by atoms with E-state index in [0.717, 1.165) is 6.42 Å². The van der Waals surface area contributed by atoms with Crippen LogP contribution in [0.1, 0.15) is 15.2 Å². The first-order chi connectivity index (χ1) is 9.08. The van der Waals surface area contributed by atoms with Gasteiger partial charge in [-0.3, -0.25) is 4.79 Å². The van der Waals surface area contributed by atoms with E-state index >= 15 is 0 Å². The maximum absolute atomic E-state index is 13.6. The maximum Gasteiger partial charge on any atom is 0.256 e. The van der Waals surface area contributed by atoms with Crippen LogP contribution in [0.5, 0.6) is 0 Å². The molecule has 0 aliphatic carbocycles. The molecule has 0 spiro atoms. The summed E-state index contributed by atoms with van der Waals surface area (Å²) in [6.07, 6.45) is 0.780. The van der Waals surface area contributed by atoms with Crippen LogP contribution in [-0.4, -0.2) is 24.4 Å². The molecule has 0 saturated heterocycles. The summed E-state index contributed by atoms with van der Waals surface area (Å²) in [7, 11) is 1.68. The average molecular weight is 295 g/mol. The lowest BCUT2D eigenvalue weighted by atomic mass is 10.2. The van der Waals surface area contributed by atoms with Gasteiger partial charge < -0.3 is 4.90 Å². The number of halogens is 1. The van der Waals surface area contributed by atoms with Crippen LogP contribution >= 0.6 is 24.0 Å². The summed E-state index contributed by atoms with van der Waals surface area (Å²) in [5.74, 6) is -0.823. The number of hydrogen-bond acceptors (Lipinski definition) is 3. The molecule has 0 aliphatic rings. The summed E-state index contributed by atoms with van der Waals surface area (Å²) in [5, 5.41) is 2.00. The molecule has 1 heterocycles. The van der Waals surface area contributed by atoms with Crippen molar-refractivity contribution in [1.82, 2.24) is 4.90 Å². The minimum atomic E-state index is -0.509. The number of benzene rings is 1. The highest BCUT2D eigenvalue weighted by atomic mass is 32.1. The molecule has 1 amide bonds. The number of carbonyl (C=O) groups is 1. The van der Waals surface area contributed by atoms with Crippen LogP contribution in [0.25, 0.3) is 0 Å². The summed E-state index contributed by atoms with van der Waals surface area (Å²) in [5.41, 5.74) is 0.0705. The van der Waals surface area contributed by atoms with Crippen molar-refractivity contribution in [2.75, 3.05) is 13.6 Å². The second-order valence-corrected chi connectivity index (χ2v) is 5.77. The van der Waals surface area contributed by atoms with Crippen LogP contribution in [0.2, 0.25) is 0 Å². The van der Waals surface area contributed by atoms with Gasteiger partial charge in [0.1, 0.15) is 5.82 Å². The molecule has 0 atom stereocenters. The van der Waals surface area contributed by atoms with Crippen molar-refractivity contribution in [2.24, 2.45) is 0 Å². The molecule has 0 fully saturated rings. The van der Waals surface area contributed by atoms with Crippen molar-refractivity contribution in [3.8, 4) is 0 Å². The van der Waals surface area contributed by atoms with Crippen molar-refractivity contribution in [3.63, 3.8) is 0 Å². The van der Waals surface area contributed by atoms with E-state index in [0.29, 0.717) is 11.4 Å². The summed E-state index contributed by atoms with van der Waals surface area (Å²) >= 11 is 5.78. The first-order valence-electron chi connectivity index (χ1n) is 5.84. The molecule has 0 N–H and O–H groups in total. The molecular formula is C14H14FNOS2. The van der Waals surface area contributed by atoms with Gasteiger partial charge in [0.15, 0.2) is 0 Å². The highest BCUT2D eigenvalue weighted by molar-refractivity contribution is 7.80. The minimum Gasteiger partial charge on any atom is -0.341 e. The van der Waals surface area contributed by atoms with Gasteiger partial charge in [0.05, 0.1) is 5.56 Å². The Morgan fingerprint density at radius 1 is 1.42 bits per heavy atom. The van der Waals surface area contributed by atoms with Gasteiger partial charge in [0.2, 0.25) is 0 Å². The van der Waals surface area contributed by atoms with Gasteiger partial charge >= 0.3 is 0 Å². The van der Waals surface area contributed by atoms with E-state index in [9.17, 15) is 9.18 Å². The SMILES string of the molecule is CN(CCc1cccs1)C(=O)c1cc(S)ccc1F. The normalized spacial score (nSPS) is 10.5. The van der Waals surface area contributed by atoms with Gasteiger partial charge in [-0.15, -0.1) is 24.0 Å². The number of carbonyl (C=O) groups excluding carboxylic acids is 1. The van der Waals surface area contributed by atoms with Crippen molar-refractivity contribution in [3.05, 3.63) is 52.0 Å². The Bertz CT molecular complexity index is 569. The van der Waals surface area contributed by atoms with Crippen molar-refractivity contribution in [1.29, 1.82) is 0 Å². The fraction of sp³-hybridized carbons (Fsp3) is 0.214. The lowest BCUT2D eigenvalue weighted by Gasteiger charge is -2.17. The van der Waals surface area contributed by atoms with Gasteiger partial charge in [-0.2, -0.15) is 0 Å². The first-order valence-corrected chi connectivity index (χ1v) is 7.17. The fourth-order valence-electron chi connectivity index (χ4n) is 1.72. The van der Waals surface area contributed by atoms with E-state index in [1.165, 1.54) is 28.0 Å². The Kier molecular flexibility index (Phi) is 4.61.